The fourth-order valence-electron chi connectivity index (χ4n) is 2.53. The van der Waals surface area contributed by atoms with E-state index in [0.717, 1.165) is 29.3 Å². The number of imidazole rings is 1. The number of hydrogen-bond acceptors (Lipinski definition) is 5. The Morgan fingerprint density at radius 2 is 1.96 bits per heavy atom. The van der Waals surface area contributed by atoms with E-state index in [1.165, 1.54) is 0 Å². The first kappa shape index (κ1) is 18.1. The number of ether oxygens (including phenoxy) is 1. The number of nitrogens with zero attached hydrogens (tertiary/aromatic N) is 3. The Balaban J connectivity index is 1.42. The molecule has 2 aromatic carbocycles. The summed E-state index contributed by atoms with van der Waals surface area (Å²) in [6, 6.07) is 8.67. The van der Waals surface area contributed by atoms with Gasteiger partial charge in [0.15, 0.2) is 16.8 Å². The van der Waals surface area contributed by atoms with Gasteiger partial charge in [0, 0.05) is 31.1 Å². The van der Waals surface area contributed by atoms with Crippen LogP contribution in [-0.4, -0.2) is 20.4 Å². The van der Waals surface area contributed by atoms with Crippen LogP contribution in [0.15, 0.2) is 48.8 Å². The number of carbonyl (C=O) groups is 1. The molecular formula is C19H14F2N4O2S. The molecule has 0 aliphatic rings. The second kappa shape index (κ2) is 7.35. The standard InChI is InChI=1S/C19H14F2N4O2S/c1-25-7-6-22-17(25)10-27-12-4-2-11(3-5-12)18(26)24-19-23-15-8-13(20)14(21)9-16(15)28-19/h2-9H,10H2,1H3,(H,23,24,26). The number of thiazole rings is 1. The molecule has 0 saturated heterocycles. The zero-order chi connectivity index (χ0) is 19.7. The van der Waals surface area contributed by atoms with E-state index in [2.05, 4.69) is 15.3 Å². The molecule has 6 nitrogen and oxygen atoms in total. The van der Waals surface area contributed by atoms with Crippen LogP contribution in [0.25, 0.3) is 10.2 Å². The van der Waals surface area contributed by atoms with Gasteiger partial charge in [-0.3, -0.25) is 10.1 Å². The Kier molecular flexibility index (Phi) is 4.74. The molecule has 2 heterocycles. The number of fused-ring (bicyclic) bond motifs is 1. The lowest BCUT2D eigenvalue weighted by Gasteiger charge is -2.07. The van der Waals surface area contributed by atoms with E-state index in [1.54, 1.807) is 30.5 Å². The van der Waals surface area contributed by atoms with E-state index in [0.29, 0.717) is 22.6 Å². The summed E-state index contributed by atoms with van der Waals surface area (Å²) in [6.07, 6.45) is 3.52. The zero-order valence-corrected chi connectivity index (χ0v) is 15.5. The van der Waals surface area contributed by atoms with Gasteiger partial charge in [-0.25, -0.2) is 18.7 Å². The molecule has 1 N–H and O–H groups in total. The maximum Gasteiger partial charge on any atom is 0.257 e. The summed E-state index contributed by atoms with van der Waals surface area (Å²) in [4.78, 5) is 20.7. The molecule has 0 unspecified atom stereocenters. The second-order valence-corrected chi connectivity index (χ2v) is 7.01. The number of halogens is 2. The van der Waals surface area contributed by atoms with Gasteiger partial charge in [0.05, 0.1) is 10.2 Å². The van der Waals surface area contributed by atoms with Crippen LogP contribution in [0.2, 0.25) is 0 Å². The molecule has 9 heteroatoms. The SMILES string of the molecule is Cn1ccnc1COc1ccc(C(=O)Nc2nc3cc(F)c(F)cc3s2)cc1. The number of anilines is 1. The number of nitrogens with one attached hydrogen (secondary N) is 1. The first-order chi connectivity index (χ1) is 13.5. The molecule has 0 radical (unpaired) electrons. The highest BCUT2D eigenvalue weighted by Gasteiger charge is 2.13. The maximum atomic E-state index is 13.3. The van der Waals surface area contributed by atoms with Crippen molar-refractivity contribution in [2.24, 2.45) is 7.05 Å². The van der Waals surface area contributed by atoms with Crippen molar-refractivity contribution in [3.8, 4) is 5.75 Å². The predicted octanol–water partition coefficient (Wildman–Crippen LogP) is 4.14. The lowest BCUT2D eigenvalue weighted by Crippen LogP contribution is -2.11. The van der Waals surface area contributed by atoms with E-state index in [4.69, 9.17) is 4.74 Å². The lowest BCUT2D eigenvalue weighted by molar-refractivity contribution is 0.102. The number of amides is 1. The Morgan fingerprint density at radius 1 is 1.21 bits per heavy atom. The van der Waals surface area contributed by atoms with E-state index in [-0.39, 0.29) is 16.6 Å². The summed E-state index contributed by atoms with van der Waals surface area (Å²) in [5, 5.41) is 2.90. The van der Waals surface area contributed by atoms with Crippen molar-refractivity contribution in [3.05, 3.63) is 71.8 Å². The third-order valence-corrected chi connectivity index (χ3v) is 4.99. The molecule has 0 bridgehead atoms. The van der Waals surface area contributed by atoms with Gasteiger partial charge in [-0.2, -0.15) is 0 Å². The third-order valence-electron chi connectivity index (χ3n) is 4.06. The first-order valence-corrected chi connectivity index (χ1v) is 9.07. The van der Waals surface area contributed by atoms with Gasteiger partial charge >= 0.3 is 0 Å². The zero-order valence-electron chi connectivity index (χ0n) is 14.6. The summed E-state index contributed by atoms with van der Waals surface area (Å²) in [6.45, 7) is 0.313. The molecular weight excluding hydrogens is 386 g/mol. The van der Waals surface area contributed by atoms with E-state index >= 15 is 0 Å². The van der Waals surface area contributed by atoms with Crippen molar-refractivity contribution in [3.63, 3.8) is 0 Å². The van der Waals surface area contributed by atoms with Crippen LogP contribution in [0.1, 0.15) is 16.2 Å². The molecule has 2 aromatic heterocycles. The largest absolute Gasteiger partial charge is 0.486 e. The molecule has 142 valence electrons. The third kappa shape index (κ3) is 3.70. The van der Waals surface area contributed by atoms with Crippen molar-refractivity contribution in [2.45, 2.75) is 6.61 Å². The predicted molar refractivity (Wildman–Crippen MR) is 101 cm³/mol. The highest BCUT2D eigenvalue weighted by molar-refractivity contribution is 7.22. The van der Waals surface area contributed by atoms with Crippen molar-refractivity contribution >= 4 is 32.6 Å². The summed E-state index contributed by atoms with van der Waals surface area (Å²) >= 11 is 1.07. The maximum absolute atomic E-state index is 13.3. The normalized spacial score (nSPS) is 11.0. The molecule has 0 fully saturated rings. The minimum atomic E-state index is -0.975. The van der Waals surface area contributed by atoms with Crippen molar-refractivity contribution in [2.75, 3.05) is 5.32 Å². The molecule has 0 aliphatic carbocycles. The Labute approximate surface area is 162 Å². The molecule has 0 aliphatic heterocycles. The molecule has 1 amide bonds. The van der Waals surface area contributed by atoms with Crippen LogP contribution < -0.4 is 10.1 Å². The number of aryl methyl sites for hydroxylation is 1. The van der Waals surface area contributed by atoms with Crippen molar-refractivity contribution in [1.29, 1.82) is 0 Å². The van der Waals surface area contributed by atoms with Gasteiger partial charge in [0.25, 0.3) is 5.91 Å². The summed E-state index contributed by atoms with van der Waals surface area (Å²) in [5.74, 6) is -0.918. The highest BCUT2D eigenvalue weighted by atomic mass is 32.1. The quantitative estimate of drug-likeness (QED) is 0.547. The van der Waals surface area contributed by atoms with Gasteiger partial charge in [-0.05, 0) is 30.3 Å². The van der Waals surface area contributed by atoms with E-state index in [9.17, 15) is 13.6 Å². The van der Waals surface area contributed by atoms with Gasteiger partial charge in [0.1, 0.15) is 18.2 Å². The smallest absolute Gasteiger partial charge is 0.257 e. The Morgan fingerprint density at radius 3 is 2.68 bits per heavy atom. The topological polar surface area (TPSA) is 69.0 Å². The number of hydrogen-bond donors (Lipinski definition) is 1. The minimum Gasteiger partial charge on any atom is -0.486 e. The monoisotopic (exact) mass is 400 g/mol. The van der Waals surface area contributed by atoms with Gasteiger partial charge in [-0.15, -0.1) is 0 Å². The Hall–Kier alpha value is -3.33. The fraction of sp³-hybridized carbons (Fsp3) is 0.105. The van der Waals surface area contributed by atoms with Gasteiger partial charge in [-0.1, -0.05) is 11.3 Å². The van der Waals surface area contributed by atoms with Crippen LogP contribution in [0.5, 0.6) is 5.75 Å². The highest BCUT2D eigenvalue weighted by Crippen LogP contribution is 2.28. The van der Waals surface area contributed by atoms with Crippen LogP contribution in [0, 0.1) is 11.6 Å². The molecule has 4 rings (SSSR count). The Bertz CT molecular complexity index is 1120. The number of benzene rings is 2. The number of aromatic nitrogens is 3. The summed E-state index contributed by atoms with van der Waals surface area (Å²) in [7, 11) is 1.88. The fourth-order valence-corrected chi connectivity index (χ4v) is 3.40. The van der Waals surface area contributed by atoms with Crippen LogP contribution in [-0.2, 0) is 13.7 Å². The average molecular weight is 400 g/mol. The molecule has 28 heavy (non-hydrogen) atoms. The van der Waals surface area contributed by atoms with Crippen molar-refractivity contribution in [1.82, 2.24) is 14.5 Å². The summed E-state index contributed by atoms with van der Waals surface area (Å²) < 4.78 is 34.5. The van der Waals surface area contributed by atoms with Crippen LogP contribution in [0.3, 0.4) is 0 Å². The van der Waals surface area contributed by atoms with Gasteiger partial charge in [0.2, 0.25) is 0 Å². The minimum absolute atomic E-state index is 0.264. The number of carbonyl (C=O) groups excluding carboxylic acids is 1. The lowest BCUT2D eigenvalue weighted by atomic mass is 10.2. The van der Waals surface area contributed by atoms with E-state index in [1.807, 2.05) is 17.8 Å². The molecule has 0 saturated carbocycles. The first-order valence-electron chi connectivity index (χ1n) is 8.25. The second-order valence-electron chi connectivity index (χ2n) is 5.97. The van der Waals surface area contributed by atoms with Crippen LogP contribution >= 0.6 is 11.3 Å². The van der Waals surface area contributed by atoms with E-state index < -0.39 is 11.6 Å². The molecule has 0 spiro atoms. The van der Waals surface area contributed by atoms with Crippen LogP contribution in [0.4, 0.5) is 13.9 Å². The van der Waals surface area contributed by atoms with Crippen molar-refractivity contribution < 1.29 is 18.3 Å². The van der Waals surface area contributed by atoms with Gasteiger partial charge < -0.3 is 9.30 Å². The molecule has 4 aromatic rings. The molecule has 0 atom stereocenters. The number of rotatable bonds is 5. The summed E-state index contributed by atoms with van der Waals surface area (Å²) in [5.41, 5.74) is 0.693. The average Bonchev–Trinajstić information content (AvgIpc) is 3.26.